The van der Waals surface area contributed by atoms with Crippen molar-refractivity contribution in [2.75, 3.05) is 12.9 Å². The highest BCUT2D eigenvalue weighted by molar-refractivity contribution is 7.91. The lowest BCUT2D eigenvalue weighted by molar-refractivity contribution is -0.113. The number of aldehydes is 1. The van der Waals surface area contributed by atoms with E-state index >= 15 is 0 Å². The minimum absolute atomic E-state index is 0.199. The lowest BCUT2D eigenvalue weighted by Crippen LogP contribution is -2.25. The van der Waals surface area contributed by atoms with Gasteiger partial charge in [-0.15, -0.1) is 0 Å². The number of methoxy groups -OCH3 is 1. The van der Waals surface area contributed by atoms with Crippen LogP contribution in [0.25, 0.3) is 0 Å². The maximum absolute atomic E-state index is 12.0. The average molecular weight is 256 g/mol. The normalized spacial score (nSPS) is 12.2. The number of ether oxygens (including phenoxy) is 1. The molecule has 0 bridgehead atoms. The SMILES string of the molecule is COc1ccc(S(=O)(=O)CC(C)(C)C=O)cc1. The molecule has 0 spiro atoms. The number of rotatable bonds is 5. The van der Waals surface area contributed by atoms with Crippen molar-refractivity contribution in [1.82, 2.24) is 0 Å². The van der Waals surface area contributed by atoms with Gasteiger partial charge in [-0.05, 0) is 24.3 Å². The van der Waals surface area contributed by atoms with E-state index in [1.54, 1.807) is 26.0 Å². The second kappa shape index (κ2) is 4.87. The van der Waals surface area contributed by atoms with E-state index in [1.807, 2.05) is 0 Å². The molecule has 0 radical (unpaired) electrons. The molecule has 1 aromatic carbocycles. The van der Waals surface area contributed by atoms with Gasteiger partial charge < -0.3 is 9.53 Å². The predicted octanol–water partition coefficient (Wildman–Crippen LogP) is 1.69. The van der Waals surface area contributed by atoms with Crippen molar-refractivity contribution in [2.45, 2.75) is 18.7 Å². The van der Waals surface area contributed by atoms with Crippen LogP contribution in [-0.2, 0) is 14.6 Å². The molecule has 0 amide bonds. The first-order chi connectivity index (χ1) is 7.80. The summed E-state index contributed by atoms with van der Waals surface area (Å²) in [4.78, 5) is 11.0. The second-order valence-corrected chi connectivity index (χ2v) is 6.53. The quantitative estimate of drug-likeness (QED) is 0.752. The molecule has 0 aliphatic rings. The van der Waals surface area contributed by atoms with E-state index < -0.39 is 15.3 Å². The fraction of sp³-hybridized carbons (Fsp3) is 0.417. The van der Waals surface area contributed by atoms with Crippen LogP contribution in [0.1, 0.15) is 13.8 Å². The number of hydrogen-bond donors (Lipinski definition) is 0. The van der Waals surface area contributed by atoms with Gasteiger partial charge in [0.25, 0.3) is 0 Å². The maximum Gasteiger partial charge on any atom is 0.179 e. The Morgan fingerprint density at radius 3 is 2.18 bits per heavy atom. The van der Waals surface area contributed by atoms with Gasteiger partial charge in [0, 0.05) is 5.41 Å². The van der Waals surface area contributed by atoms with Crippen LogP contribution in [0.3, 0.4) is 0 Å². The second-order valence-electron chi connectivity index (χ2n) is 4.54. The van der Waals surface area contributed by atoms with Crippen molar-refractivity contribution in [3.8, 4) is 5.75 Å². The molecule has 0 unspecified atom stereocenters. The fourth-order valence-electron chi connectivity index (χ4n) is 1.39. The molecule has 5 heteroatoms. The smallest absolute Gasteiger partial charge is 0.179 e. The van der Waals surface area contributed by atoms with Crippen LogP contribution in [0, 0.1) is 5.41 Å². The molecule has 1 aromatic rings. The van der Waals surface area contributed by atoms with Crippen LogP contribution in [0.4, 0.5) is 0 Å². The summed E-state index contributed by atoms with van der Waals surface area (Å²) in [5.74, 6) is 0.397. The third kappa shape index (κ3) is 3.56. The highest BCUT2D eigenvalue weighted by atomic mass is 32.2. The van der Waals surface area contributed by atoms with E-state index in [9.17, 15) is 13.2 Å². The molecule has 4 nitrogen and oxygen atoms in total. The average Bonchev–Trinajstić information content (AvgIpc) is 2.28. The van der Waals surface area contributed by atoms with Gasteiger partial charge in [-0.25, -0.2) is 8.42 Å². The van der Waals surface area contributed by atoms with Gasteiger partial charge in [0.05, 0.1) is 17.8 Å². The van der Waals surface area contributed by atoms with Gasteiger partial charge in [0.1, 0.15) is 12.0 Å². The van der Waals surface area contributed by atoms with Gasteiger partial charge >= 0.3 is 0 Å². The number of carbonyl (C=O) groups excluding carboxylic acids is 1. The van der Waals surface area contributed by atoms with Crippen molar-refractivity contribution < 1.29 is 17.9 Å². The Morgan fingerprint density at radius 2 is 1.76 bits per heavy atom. The summed E-state index contributed by atoms with van der Waals surface area (Å²) in [5, 5.41) is 0. The van der Waals surface area contributed by atoms with Gasteiger partial charge in [-0.2, -0.15) is 0 Å². The first-order valence-electron chi connectivity index (χ1n) is 5.14. The summed E-state index contributed by atoms with van der Waals surface area (Å²) in [7, 11) is -1.93. The molecule has 0 saturated carbocycles. The van der Waals surface area contributed by atoms with Crippen molar-refractivity contribution in [2.24, 2.45) is 5.41 Å². The predicted molar refractivity (Wildman–Crippen MR) is 64.9 cm³/mol. The molecule has 0 N–H and O–H groups in total. The van der Waals surface area contributed by atoms with Crippen LogP contribution < -0.4 is 4.74 Å². The minimum atomic E-state index is -3.44. The summed E-state index contributed by atoms with van der Waals surface area (Å²) in [6, 6.07) is 6.13. The molecular formula is C12H16O4S. The summed E-state index contributed by atoms with van der Waals surface area (Å²) in [6.07, 6.45) is 0.661. The van der Waals surface area contributed by atoms with Crippen molar-refractivity contribution >= 4 is 16.1 Å². The van der Waals surface area contributed by atoms with E-state index in [0.29, 0.717) is 12.0 Å². The van der Waals surface area contributed by atoms with E-state index in [2.05, 4.69) is 0 Å². The molecule has 0 saturated heterocycles. The Bertz CT molecular complexity index is 486. The van der Waals surface area contributed by atoms with E-state index in [4.69, 9.17) is 4.74 Å². The third-order valence-electron chi connectivity index (χ3n) is 2.30. The molecule has 1 rings (SSSR count). The standard InChI is InChI=1S/C12H16O4S/c1-12(2,8-13)9-17(14,15)11-6-4-10(16-3)5-7-11/h4-8H,9H2,1-3H3. The first kappa shape index (κ1) is 13.7. The molecule has 94 valence electrons. The molecule has 0 heterocycles. The van der Waals surface area contributed by atoms with Crippen LogP contribution in [0.5, 0.6) is 5.75 Å². The van der Waals surface area contributed by atoms with Gasteiger partial charge in [-0.1, -0.05) is 13.8 Å². The zero-order valence-electron chi connectivity index (χ0n) is 10.1. The first-order valence-corrected chi connectivity index (χ1v) is 6.79. The van der Waals surface area contributed by atoms with Gasteiger partial charge in [0.2, 0.25) is 0 Å². The van der Waals surface area contributed by atoms with Crippen LogP contribution >= 0.6 is 0 Å². The summed E-state index contributed by atoms with van der Waals surface area (Å²) in [6.45, 7) is 3.20. The zero-order valence-corrected chi connectivity index (χ0v) is 11.0. The summed E-state index contributed by atoms with van der Waals surface area (Å²) >= 11 is 0. The molecule has 0 aromatic heterocycles. The van der Waals surface area contributed by atoms with Crippen molar-refractivity contribution in [3.05, 3.63) is 24.3 Å². The number of sulfone groups is 1. The molecule has 0 atom stereocenters. The number of hydrogen-bond acceptors (Lipinski definition) is 4. The maximum atomic E-state index is 12.0. The summed E-state index contributed by atoms with van der Waals surface area (Å²) in [5.41, 5.74) is -0.876. The Labute approximate surface area is 102 Å². The molecule has 0 aliphatic carbocycles. The Morgan fingerprint density at radius 1 is 1.24 bits per heavy atom. The monoisotopic (exact) mass is 256 g/mol. The number of carbonyl (C=O) groups is 1. The Kier molecular flexibility index (Phi) is 3.93. The highest BCUT2D eigenvalue weighted by Crippen LogP contribution is 2.22. The highest BCUT2D eigenvalue weighted by Gasteiger charge is 2.27. The Hall–Kier alpha value is -1.36. The van der Waals surface area contributed by atoms with Crippen LogP contribution in [0.2, 0.25) is 0 Å². The molecular weight excluding hydrogens is 240 g/mol. The number of benzene rings is 1. The third-order valence-corrected chi connectivity index (χ3v) is 4.41. The van der Waals surface area contributed by atoms with E-state index in [0.717, 1.165) is 0 Å². The summed E-state index contributed by atoms with van der Waals surface area (Å²) < 4.78 is 29.0. The molecule has 0 fully saturated rings. The fourth-order valence-corrected chi connectivity index (χ4v) is 3.16. The van der Waals surface area contributed by atoms with Gasteiger partial charge in [-0.3, -0.25) is 0 Å². The Balaban J connectivity index is 3.01. The molecule has 17 heavy (non-hydrogen) atoms. The van der Waals surface area contributed by atoms with E-state index in [-0.39, 0.29) is 10.6 Å². The minimum Gasteiger partial charge on any atom is -0.497 e. The van der Waals surface area contributed by atoms with E-state index in [1.165, 1.54) is 19.2 Å². The lowest BCUT2D eigenvalue weighted by atomic mass is 10.00. The van der Waals surface area contributed by atoms with Crippen LogP contribution in [0.15, 0.2) is 29.2 Å². The van der Waals surface area contributed by atoms with Crippen molar-refractivity contribution in [1.29, 1.82) is 0 Å². The van der Waals surface area contributed by atoms with Crippen LogP contribution in [-0.4, -0.2) is 27.6 Å². The largest absolute Gasteiger partial charge is 0.497 e. The topological polar surface area (TPSA) is 60.4 Å². The lowest BCUT2D eigenvalue weighted by Gasteiger charge is -2.16. The van der Waals surface area contributed by atoms with Gasteiger partial charge in [0.15, 0.2) is 9.84 Å². The molecule has 0 aliphatic heterocycles. The zero-order chi connectivity index (χ0) is 13.1. The van der Waals surface area contributed by atoms with Crippen molar-refractivity contribution in [3.63, 3.8) is 0 Å².